The number of benzene rings is 1. The molecular weight excluding hydrogens is 382 g/mol. The molecule has 6 heteroatoms. The van der Waals surface area contributed by atoms with Crippen LogP contribution in [-0.2, 0) is 17.6 Å². The topological polar surface area (TPSA) is 57.4 Å². The number of nitrogens with one attached hydrogen (secondary N) is 2. The number of aromatic amines is 1. The highest BCUT2D eigenvalue weighted by Gasteiger charge is 2.24. The molecule has 0 radical (unpaired) electrons. The second kappa shape index (κ2) is 8.30. The predicted octanol–water partition coefficient (Wildman–Crippen LogP) is 3.91. The lowest BCUT2D eigenvalue weighted by atomic mass is 9.95. The Kier molecular flexibility index (Phi) is 5.40. The van der Waals surface area contributed by atoms with E-state index in [2.05, 4.69) is 44.8 Å². The number of aromatic nitrogens is 1. The maximum Gasteiger partial charge on any atom is 0.251 e. The van der Waals surface area contributed by atoms with Gasteiger partial charge >= 0.3 is 0 Å². The molecule has 1 amide bonds. The van der Waals surface area contributed by atoms with Crippen molar-refractivity contribution in [1.29, 1.82) is 0 Å². The van der Waals surface area contributed by atoms with Crippen molar-refractivity contribution in [2.24, 2.45) is 0 Å². The molecule has 152 valence electrons. The van der Waals surface area contributed by atoms with E-state index in [0.717, 1.165) is 50.2 Å². The number of hydrogen-bond acceptors (Lipinski definition) is 4. The highest BCUT2D eigenvalue weighted by atomic mass is 32.1. The smallest absolute Gasteiger partial charge is 0.251 e. The van der Waals surface area contributed by atoms with Crippen LogP contribution in [0.5, 0.6) is 0 Å². The van der Waals surface area contributed by atoms with E-state index in [-0.39, 0.29) is 11.9 Å². The SMILES string of the molecule is O=C(NC[C@H](c1cccs1)N1CCOCC1)c1ccc2[nH]c3c(c2c1)CCCC3. The fourth-order valence-corrected chi connectivity index (χ4v) is 5.48. The van der Waals surface area contributed by atoms with Gasteiger partial charge in [0.05, 0.1) is 19.3 Å². The van der Waals surface area contributed by atoms with E-state index in [1.807, 2.05) is 6.07 Å². The Morgan fingerprint density at radius 3 is 2.90 bits per heavy atom. The fourth-order valence-electron chi connectivity index (χ4n) is 4.62. The summed E-state index contributed by atoms with van der Waals surface area (Å²) in [6.45, 7) is 3.93. The molecule has 1 aliphatic carbocycles. The molecule has 5 nitrogen and oxygen atoms in total. The van der Waals surface area contributed by atoms with E-state index in [4.69, 9.17) is 4.74 Å². The number of H-pyrrole nitrogens is 1. The lowest BCUT2D eigenvalue weighted by Gasteiger charge is -2.34. The van der Waals surface area contributed by atoms with Crippen LogP contribution >= 0.6 is 11.3 Å². The van der Waals surface area contributed by atoms with Crippen molar-refractivity contribution >= 4 is 28.1 Å². The van der Waals surface area contributed by atoms with Crippen LogP contribution in [0.15, 0.2) is 35.7 Å². The molecule has 5 rings (SSSR count). The Morgan fingerprint density at radius 1 is 1.21 bits per heavy atom. The van der Waals surface area contributed by atoms with Gasteiger partial charge in [0, 0.05) is 46.7 Å². The van der Waals surface area contributed by atoms with Gasteiger partial charge in [-0.2, -0.15) is 0 Å². The summed E-state index contributed by atoms with van der Waals surface area (Å²) in [7, 11) is 0. The van der Waals surface area contributed by atoms with Crippen LogP contribution in [0.4, 0.5) is 0 Å². The zero-order chi connectivity index (χ0) is 19.6. The van der Waals surface area contributed by atoms with Crippen molar-refractivity contribution in [3.05, 3.63) is 57.4 Å². The van der Waals surface area contributed by atoms with Crippen molar-refractivity contribution in [3.63, 3.8) is 0 Å². The Balaban J connectivity index is 1.33. The molecular formula is C23H27N3O2S. The molecule has 2 aromatic heterocycles. The van der Waals surface area contributed by atoms with E-state index in [1.54, 1.807) is 11.3 Å². The van der Waals surface area contributed by atoms with Crippen molar-refractivity contribution in [2.45, 2.75) is 31.7 Å². The zero-order valence-electron chi connectivity index (χ0n) is 16.6. The average Bonchev–Trinajstić information content (AvgIpc) is 3.42. The minimum atomic E-state index is 0.00692. The number of carbonyl (C=O) groups is 1. The first-order valence-corrected chi connectivity index (χ1v) is 11.4. The van der Waals surface area contributed by atoms with Crippen LogP contribution in [0.2, 0.25) is 0 Å². The molecule has 1 atom stereocenters. The molecule has 2 aliphatic rings. The number of nitrogens with zero attached hydrogens (tertiary/aromatic N) is 1. The van der Waals surface area contributed by atoms with E-state index < -0.39 is 0 Å². The van der Waals surface area contributed by atoms with E-state index >= 15 is 0 Å². The first-order valence-electron chi connectivity index (χ1n) is 10.6. The lowest BCUT2D eigenvalue weighted by Crippen LogP contribution is -2.43. The zero-order valence-corrected chi connectivity index (χ0v) is 17.4. The van der Waals surface area contributed by atoms with Crippen molar-refractivity contribution in [3.8, 4) is 0 Å². The monoisotopic (exact) mass is 409 g/mol. The molecule has 1 fully saturated rings. The lowest BCUT2D eigenvalue weighted by molar-refractivity contribution is 0.0169. The molecule has 29 heavy (non-hydrogen) atoms. The van der Waals surface area contributed by atoms with Crippen LogP contribution < -0.4 is 5.32 Å². The van der Waals surface area contributed by atoms with Gasteiger partial charge in [0.25, 0.3) is 5.91 Å². The molecule has 0 unspecified atom stereocenters. The second-order valence-electron chi connectivity index (χ2n) is 7.94. The van der Waals surface area contributed by atoms with E-state index in [0.29, 0.717) is 6.54 Å². The fraction of sp³-hybridized carbons (Fsp3) is 0.435. The van der Waals surface area contributed by atoms with Gasteiger partial charge < -0.3 is 15.0 Å². The number of amides is 1. The maximum absolute atomic E-state index is 13.0. The summed E-state index contributed by atoms with van der Waals surface area (Å²) in [5.74, 6) is 0.00692. The summed E-state index contributed by atoms with van der Waals surface area (Å²) in [6, 6.07) is 10.5. The number of carbonyl (C=O) groups excluding carboxylic acids is 1. The highest BCUT2D eigenvalue weighted by Crippen LogP contribution is 2.30. The van der Waals surface area contributed by atoms with Crippen molar-refractivity contribution in [1.82, 2.24) is 15.2 Å². The molecule has 2 N–H and O–H groups in total. The minimum Gasteiger partial charge on any atom is -0.379 e. The Morgan fingerprint density at radius 2 is 2.07 bits per heavy atom. The molecule has 1 aliphatic heterocycles. The van der Waals surface area contributed by atoms with Crippen LogP contribution in [0.1, 0.15) is 45.4 Å². The molecule has 1 aromatic carbocycles. The minimum absolute atomic E-state index is 0.00692. The quantitative estimate of drug-likeness (QED) is 0.672. The summed E-state index contributed by atoms with van der Waals surface area (Å²) in [5.41, 5.74) is 4.66. The third-order valence-corrected chi connectivity index (χ3v) is 7.15. The van der Waals surface area contributed by atoms with Crippen LogP contribution in [0.25, 0.3) is 10.9 Å². The first-order chi connectivity index (χ1) is 14.3. The van der Waals surface area contributed by atoms with Crippen molar-refractivity contribution < 1.29 is 9.53 Å². The highest BCUT2D eigenvalue weighted by molar-refractivity contribution is 7.10. The number of aryl methyl sites for hydroxylation is 2. The number of fused-ring (bicyclic) bond motifs is 3. The van der Waals surface area contributed by atoms with Gasteiger partial charge in [0.2, 0.25) is 0 Å². The van der Waals surface area contributed by atoms with Gasteiger partial charge in [0.1, 0.15) is 0 Å². The van der Waals surface area contributed by atoms with E-state index in [9.17, 15) is 4.79 Å². The molecule has 1 saturated heterocycles. The van der Waals surface area contributed by atoms with Gasteiger partial charge in [-0.05, 0) is 60.9 Å². The van der Waals surface area contributed by atoms with Gasteiger partial charge in [-0.25, -0.2) is 0 Å². The standard InChI is InChI=1S/C23H27N3O2S/c27-23(16-7-8-20-18(14-16)17-4-1-2-5-19(17)25-20)24-15-21(22-6-3-13-29-22)26-9-11-28-12-10-26/h3,6-8,13-14,21,25H,1-2,4-5,9-12,15H2,(H,24,27)/t21-/m1/s1. The Labute approximate surface area is 175 Å². The van der Waals surface area contributed by atoms with Crippen molar-refractivity contribution in [2.75, 3.05) is 32.8 Å². The molecule has 0 saturated carbocycles. The van der Waals surface area contributed by atoms with Crippen LogP contribution in [0.3, 0.4) is 0 Å². The maximum atomic E-state index is 13.0. The van der Waals surface area contributed by atoms with Crippen LogP contribution in [-0.4, -0.2) is 48.6 Å². The number of morpholine rings is 1. The molecule has 0 bridgehead atoms. The van der Waals surface area contributed by atoms with E-state index in [1.165, 1.54) is 34.4 Å². The second-order valence-corrected chi connectivity index (χ2v) is 8.92. The number of ether oxygens (including phenoxy) is 1. The molecule has 3 heterocycles. The third kappa shape index (κ3) is 3.84. The predicted molar refractivity (Wildman–Crippen MR) is 117 cm³/mol. The van der Waals surface area contributed by atoms with Gasteiger partial charge in [-0.15, -0.1) is 11.3 Å². The van der Waals surface area contributed by atoms with Crippen LogP contribution in [0, 0.1) is 0 Å². The average molecular weight is 410 g/mol. The summed E-state index contributed by atoms with van der Waals surface area (Å²) in [5, 5.41) is 6.52. The third-order valence-electron chi connectivity index (χ3n) is 6.17. The van der Waals surface area contributed by atoms with Gasteiger partial charge in [0.15, 0.2) is 0 Å². The summed E-state index contributed by atoms with van der Waals surface area (Å²) in [6.07, 6.45) is 4.71. The number of hydrogen-bond donors (Lipinski definition) is 2. The summed E-state index contributed by atoms with van der Waals surface area (Å²) < 4.78 is 5.51. The summed E-state index contributed by atoms with van der Waals surface area (Å²) >= 11 is 1.75. The number of thiophene rings is 1. The Bertz CT molecular complexity index is 989. The van der Waals surface area contributed by atoms with Gasteiger partial charge in [-0.3, -0.25) is 9.69 Å². The number of rotatable bonds is 5. The molecule has 3 aromatic rings. The van der Waals surface area contributed by atoms with Gasteiger partial charge in [-0.1, -0.05) is 6.07 Å². The normalized spacial score (nSPS) is 18.5. The first kappa shape index (κ1) is 18.9. The summed E-state index contributed by atoms with van der Waals surface area (Å²) in [4.78, 5) is 20.2. The largest absolute Gasteiger partial charge is 0.379 e. The Hall–Kier alpha value is -2.15. The molecule has 0 spiro atoms.